The fraction of sp³-hybridized carbons (Fsp3) is 0.238. The van der Waals surface area contributed by atoms with Crippen molar-refractivity contribution in [1.29, 1.82) is 0 Å². The standard InChI is InChI=1S/C21H19F3O2/c22-21(23,24)19(20(25)14-13-17-8-3-1-4-9-17)12-7-15-26-16-18-10-5-2-6-11-18/h1-6,8-11,13-14,19-20,25H,15-16H2/b14-13+/t19-,20+/m1/s1. The summed E-state index contributed by atoms with van der Waals surface area (Å²) in [6.45, 7) is 0.124. The van der Waals surface area contributed by atoms with Crippen molar-refractivity contribution in [2.45, 2.75) is 18.9 Å². The summed E-state index contributed by atoms with van der Waals surface area (Å²) in [4.78, 5) is 0. The van der Waals surface area contributed by atoms with Gasteiger partial charge in [-0.05, 0) is 11.1 Å². The predicted molar refractivity (Wildman–Crippen MR) is 94.9 cm³/mol. The second-order valence-corrected chi connectivity index (χ2v) is 5.58. The molecule has 0 aliphatic heterocycles. The third-order valence-electron chi connectivity index (χ3n) is 3.52. The van der Waals surface area contributed by atoms with Crippen molar-refractivity contribution < 1.29 is 23.0 Å². The molecule has 2 nitrogen and oxygen atoms in total. The molecule has 5 heteroatoms. The second kappa shape index (κ2) is 9.81. The van der Waals surface area contributed by atoms with E-state index in [0.29, 0.717) is 5.56 Å². The highest BCUT2D eigenvalue weighted by molar-refractivity contribution is 5.49. The maximum absolute atomic E-state index is 13.1. The lowest BCUT2D eigenvalue weighted by Crippen LogP contribution is -2.31. The number of rotatable bonds is 6. The molecule has 0 amide bonds. The normalized spacial score (nSPS) is 13.8. The van der Waals surface area contributed by atoms with Crippen molar-refractivity contribution in [2.24, 2.45) is 5.92 Å². The Kier molecular flexibility index (Phi) is 7.46. The number of aliphatic hydroxyl groups excluding tert-OH is 1. The largest absolute Gasteiger partial charge is 0.405 e. The summed E-state index contributed by atoms with van der Waals surface area (Å²) < 4.78 is 44.7. The van der Waals surface area contributed by atoms with E-state index in [9.17, 15) is 18.3 Å². The molecule has 0 radical (unpaired) electrons. The minimum absolute atomic E-state index is 0.142. The van der Waals surface area contributed by atoms with Gasteiger partial charge in [0.2, 0.25) is 0 Å². The third-order valence-corrected chi connectivity index (χ3v) is 3.52. The zero-order valence-electron chi connectivity index (χ0n) is 14.0. The number of aliphatic hydroxyl groups is 1. The summed E-state index contributed by atoms with van der Waals surface area (Å²) >= 11 is 0. The molecular formula is C21H19F3O2. The Morgan fingerprint density at radius 3 is 2.23 bits per heavy atom. The van der Waals surface area contributed by atoms with Crippen LogP contribution in [0.4, 0.5) is 13.2 Å². The van der Waals surface area contributed by atoms with Gasteiger partial charge in [-0.1, -0.05) is 84.7 Å². The number of halogens is 3. The molecule has 2 aromatic carbocycles. The van der Waals surface area contributed by atoms with Gasteiger partial charge in [-0.15, -0.1) is 0 Å². The highest BCUT2D eigenvalue weighted by Crippen LogP contribution is 2.29. The number of hydrogen-bond acceptors (Lipinski definition) is 2. The molecule has 2 atom stereocenters. The van der Waals surface area contributed by atoms with E-state index in [1.54, 1.807) is 30.3 Å². The van der Waals surface area contributed by atoms with E-state index in [1.807, 2.05) is 30.3 Å². The number of hydrogen-bond donors (Lipinski definition) is 1. The van der Waals surface area contributed by atoms with Gasteiger partial charge in [0.15, 0.2) is 0 Å². The Bertz CT molecular complexity index is 744. The quantitative estimate of drug-likeness (QED) is 0.609. The third kappa shape index (κ3) is 6.75. The average Bonchev–Trinajstić information content (AvgIpc) is 2.63. The molecular weight excluding hydrogens is 341 g/mol. The van der Waals surface area contributed by atoms with E-state index in [2.05, 4.69) is 11.8 Å². The van der Waals surface area contributed by atoms with E-state index in [1.165, 1.54) is 6.08 Å². The summed E-state index contributed by atoms with van der Waals surface area (Å²) in [5, 5.41) is 9.89. The van der Waals surface area contributed by atoms with E-state index in [-0.39, 0.29) is 13.2 Å². The van der Waals surface area contributed by atoms with Crippen LogP contribution in [0.3, 0.4) is 0 Å². The smallest absolute Gasteiger partial charge is 0.387 e. The van der Waals surface area contributed by atoms with E-state index >= 15 is 0 Å². The molecule has 2 rings (SSSR count). The molecule has 0 saturated carbocycles. The van der Waals surface area contributed by atoms with Gasteiger partial charge in [-0.25, -0.2) is 0 Å². The Hall–Kier alpha value is -2.55. The van der Waals surface area contributed by atoms with Crippen molar-refractivity contribution in [3.05, 3.63) is 77.9 Å². The Morgan fingerprint density at radius 1 is 1.00 bits per heavy atom. The van der Waals surface area contributed by atoms with Gasteiger partial charge < -0.3 is 9.84 Å². The topological polar surface area (TPSA) is 29.5 Å². The van der Waals surface area contributed by atoms with Gasteiger partial charge in [-0.2, -0.15) is 13.2 Å². The van der Waals surface area contributed by atoms with Crippen LogP contribution in [-0.4, -0.2) is 24.0 Å². The van der Waals surface area contributed by atoms with Gasteiger partial charge in [0.05, 0.1) is 12.7 Å². The monoisotopic (exact) mass is 360 g/mol. The minimum atomic E-state index is -4.63. The zero-order chi connectivity index (χ0) is 18.8. The van der Waals surface area contributed by atoms with Crippen LogP contribution in [0.25, 0.3) is 6.08 Å². The van der Waals surface area contributed by atoms with Crippen LogP contribution in [0, 0.1) is 17.8 Å². The van der Waals surface area contributed by atoms with Crippen molar-refractivity contribution in [3.63, 3.8) is 0 Å². The average molecular weight is 360 g/mol. The van der Waals surface area contributed by atoms with Crippen molar-refractivity contribution in [1.82, 2.24) is 0 Å². The highest BCUT2D eigenvalue weighted by atomic mass is 19.4. The summed E-state index contributed by atoms with van der Waals surface area (Å²) in [6.07, 6.45) is -3.84. The molecule has 0 spiro atoms. The fourth-order valence-electron chi connectivity index (χ4n) is 2.19. The highest BCUT2D eigenvalue weighted by Gasteiger charge is 2.42. The van der Waals surface area contributed by atoms with Crippen LogP contribution in [0.5, 0.6) is 0 Å². The SMILES string of the molecule is O[C@@H](/C=C/c1ccccc1)[C@@H](C#CCOCc1ccccc1)C(F)(F)F. The van der Waals surface area contributed by atoms with Crippen LogP contribution in [-0.2, 0) is 11.3 Å². The number of alkyl halides is 3. The summed E-state index contributed by atoms with van der Waals surface area (Å²) in [7, 11) is 0. The predicted octanol–water partition coefficient (Wildman–Crippen LogP) is 4.46. The maximum Gasteiger partial charge on any atom is 0.405 e. The molecule has 0 aliphatic carbocycles. The van der Waals surface area contributed by atoms with Gasteiger partial charge in [-0.3, -0.25) is 0 Å². The van der Waals surface area contributed by atoms with Crippen LogP contribution < -0.4 is 0 Å². The van der Waals surface area contributed by atoms with Gasteiger partial charge >= 0.3 is 6.18 Å². The summed E-state index contributed by atoms with van der Waals surface area (Å²) in [5.41, 5.74) is 1.61. The molecule has 0 bridgehead atoms. The van der Waals surface area contributed by atoms with Crippen LogP contribution >= 0.6 is 0 Å². The number of benzene rings is 2. The Balaban J connectivity index is 1.94. The van der Waals surface area contributed by atoms with E-state index in [0.717, 1.165) is 11.6 Å². The first-order valence-electron chi connectivity index (χ1n) is 8.05. The molecule has 0 unspecified atom stereocenters. The molecule has 0 aromatic heterocycles. The Morgan fingerprint density at radius 2 is 1.62 bits per heavy atom. The van der Waals surface area contributed by atoms with Crippen LogP contribution in [0.15, 0.2) is 66.7 Å². The van der Waals surface area contributed by atoms with Crippen molar-refractivity contribution >= 4 is 6.08 Å². The van der Waals surface area contributed by atoms with Crippen LogP contribution in [0.1, 0.15) is 11.1 Å². The maximum atomic E-state index is 13.1. The minimum Gasteiger partial charge on any atom is -0.387 e. The Labute approximate surface area is 150 Å². The zero-order valence-corrected chi connectivity index (χ0v) is 14.0. The lowest BCUT2D eigenvalue weighted by Gasteiger charge is -2.18. The summed E-state index contributed by atoms with van der Waals surface area (Å²) in [5.74, 6) is 2.27. The second-order valence-electron chi connectivity index (χ2n) is 5.58. The first kappa shape index (κ1) is 19.8. The molecule has 0 saturated heterocycles. The van der Waals surface area contributed by atoms with E-state index in [4.69, 9.17) is 4.74 Å². The molecule has 2 aromatic rings. The van der Waals surface area contributed by atoms with E-state index < -0.39 is 18.2 Å². The van der Waals surface area contributed by atoms with Crippen LogP contribution in [0.2, 0.25) is 0 Å². The molecule has 136 valence electrons. The fourth-order valence-corrected chi connectivity index (χ4v) is 2.19. The molecule has 0 heterocycles. The first-order valence-corrected chi connectivity index (χ1v) is 8.05. The molecule has 0 aliphatic rings. The van der Waals surface area contributed by atoms with Gasteiger partial charge in [0.25, 0.3) is 0 Å². The van der Waals surface area contributed by atoms with Crippen molar-refractivity contribution in [3.8, 4) is 11.8 Å². The molecule has 0 fully saturated rings. The van der Waals surface area contributed by atoms with Crippen molar-refractivity contribution in [2.75, 3.05) is 6.61 Å². The number of ether oxygens (including phenoxy) is 1. The molecule has 26 heavy (non-hydrogen) atoms. The molecule has 1 N–H and O–H groups in total. The lowest BCUT2D eigenvalue weighted by atomic mass is 10.0. The first-order chi connectivity index (χ1) is 12.5. The van der Waals surface area contributed by atoms with Gasteiger partial charge in [0.1, 0.15) is 12.5 Å². The summed E-state index contributed by atoms with van der Waals surface area (Å²) in [6, 6.07) is 18.0. The van der Waals surface area contributed by atoms with Gasteiger partial charge in [0, 0.05) is 0 Å². The lowest BCUT2D eigenvalue weighted by molar-refractivity contribution is -0.175.